The molecule has 0 aliphatic rings. The van der Waals surface area contributed by atoms with Crippen LogP contribution in [0.1, 0.15) is 27.8 Å². The third-order valence-electron chi connectivity index (χ3n) is 16.8. The Morgan fingerprint density at radius 3 is 0.907 bits per heavy atom. The molecule has 0 aliphatic heterocycles. The first kappa shape index (κ1) is 50.6. The molecule has 0 fully saturated rings. The van der Waals surface area contributed by atoms with Crippen molar-refractivity contribution in [1.29, 1.82) is 0 Å². The number of aromatic nitrogens is 9. The molecule has 5 aromatic heterocycles. The van der Waals surface area contributed by atoms with Gasteiger partial charge in [0.05, 0.1) is 55.7 Å². The van der Waals surface area contributed by atoms with Gasteiger partial charge in [-0.25, -0.2) is 29.9 Å². The molecular weight excluding hydrogens is 1050 g/mol. The van der Waals surface area contributed by atoms with Crippen molar-refractivity contribution in [1.82, 2.24) is 43.6 Å². The number of fused-ring (bicyclic) bond motifs is 9. The van der Waals surface area contributed by atoms with Crippen LogP contribution in [0.4, 0.5) is 0 Å². The van der Waals surface area contributed by atoms with Crippen LogP contribution >= 0.6 is 0 Å². The van der Waals surface area contributed by atoms with E-state index in [1.54, 1.807) is 0 Å². The minimum atomic E-state index is 0.464. The van der Waals surface area contributed by atoms with Crippen molar-refractivity contribution in [2.45, 2.75) is 34.6 Å². The molecule has 0 spiro atoms. The van der Waals surface area contributed by atoms with Crippen molar-refractivity contribution in [3.8, 4) is 85.4 Å². The molecule has 0 radical (unpaired) electrons. The third-order valence-corrected chi connectivity index (χ3v) is 16.8. The highest BCUT2D eigenvalue weighted by Crippen LogP contribution is 2.50. The van der Waals surface area contributed by atoms with Crippen LogP contribution in [0, 0.1) is 34.6 Å². The van der Waals surface area contributed by atoms with Gasteiger partial charge in [0.25, 0.3) is 0 Å². The summed E-state index contributed by atoms with van der Waals surface area (Å²) in [5, 5.41) is 6.76. The molecule has 0 unspecified atom stereocenters. The van der Waals surface area contributed by atoms with Crippen molar-refractivity contribution >= 4 is 65.4 Å². The molecule has 0 saturated heterocycles. The lowest BCUT2D eigenvalue weighted by molar-refractivity contribution is 1.03. The van der Waals surface area contributed by atoms with E-state index in [-0.39, 0.29) is 0 Å². The van der Waals surface area contributed by atoms with Gasteiger partial charge >= 0.3 is 0 Å². The fourth-order valence-electron chi connectivity index (χ4n) is 12.8. The van der Waals surface area contributed by atoms with Crippen molar-refractivity contribution in [3.63, 3.8) is 0 Å². The summed E-state index contributed by atoms with van der Waals surface area (Å²) in [6, 6.07) is 86.2. The molecule has 0 aliphatic carbocycles. The van der Waals surface area contributed by atoms with E-state index < -0.39 is 0 Å². The van der Waals surface area contributed by atoms with E-state index in [0.29, 0.717) is 34.9 Å². The number of para-hydroxylation sites is 1. The van der Waals surface area contributed by atoms with Crippen LogP contribution in [0.25, 0.3) is 151 Å². The van der Waals surface area contributed by atoms with Crippen LogP contribution in [-0.2, 0) is 0 Å². The second-order valence-electron chi connectivity index (χ2n) is 22.7. The largest absolute Gasteiger partial charge is 0.308 e. The fraction of sp³-hybridized carbons (Fsp3) is 0.0649. The van der Waals surface area contributed by atoms with Crippen molar-refractivity contribution < 1.29 is 0 Å². The maximum absolute atomic E-state index is 5.83. The van der Waals surface area contributed by atoms with Gasteiger partial charge in [0.1, 0.15) is 0 Å². The van der Waals surface area contributed by atoms with Gasteiger partial charge in [0.15, 0.2) is 34.9 Å². The lowest BCUT2D eigenvalue weighted by atomic mass is 9.98. The van der Waals surface area contributed by atoms with Crippen LogP contribution in [0.5, 0.6) is 0 Å². The number of rotatable bonds is 9. The van der Waals surface area contributed by atoms with Crippen molar-refractivity contribution in [2.75, 3.05) is 0 Å². The number of benzene rings is 11. The number of aryl methyl sites for hydroxylation is 5. The monoisotopic (exact) mass is 1110 g/mol. The Balaban J connectivity index is 1.22. The predicted molar refractivity (Wildman–Crippen MR) is 353 cm³/mol. The summed E-state index contributed by atoms with van der Waals surface area (Å²) in [4.78, 5) is 33.7. The molecule has 9 heteroatoms. The minimum Gasteiger partial charge on any atom is -0.308 e. The van der Waals surface area contributed by atoms with E-state index in [1.807, 2.05) is 72.8 Å². The second kappa shape index (κ2) is 20.0. The van der Waals surface area contributed by atoms with Gasteiger partial charge in [-0.05, 0) is 107 Å². The molecule has 16 aromatic rings. The molecule has 11 aromatic carbocycles. The van der Waals surface area contributed by atoms with Gasteiger partial charge < -0.3 is 13.7 Å². The van der Waals surface area contributed by atoms with Crippen molar-refractivity contribution in [3.05, 3.63) is 270 Å². The molecule has 9 nitrogen and oxygen atoms in total. The van der Waals surface area contributed by atoms with E-state index >= 15 is 0 Å². The topological polar surface area (TPSA) is 92.1 Å². The van der Waals surface area contributed by atoms with E-state index in [1.165, 1.54) is 11.1 Å². The van der Waals surface area contributed by atoms with Crippen LogP contribution < -0.4 is 0 Å². The Kier molecular flexibility index (Phi) is 11.8. The maximum Gasteiger partial charge on any atom is 0.168 e. The van der Waals surface area contributed by atoms with Gasteiger partial charge in [-0.3, -0.25) is 0 Å². The molecule has 0 saturated carbocycles. The molecule has 0 bridgehead atoms. The first-order valence-corrected chi connectivity index (χ1v) is 29.2. The van der Waals surface area contributed by atoms with Crippen LogP contribution in [0.2, 0.25) is 0 Å². The lowest BCUT2D eigenvalue weighted by Crippen LogP contribution is -2.14. The molecule has 0 N–H and O–H groups in total. The standard InChI is InChI=1S/C77H55N9/c1-46-32-37-65-56(40-46)55-28-18-19-29-62(55)86(65)71-68(84-63-35-30-47(2)41-57(63)58-42-48(3)31-36-64(58)84)45-61(76-80-72(51-20-10-6-11-21-51)78-73(81-76)52-22-12-7-13-23-52)70(85-66-38-33-49(4)43-59(66)60-44-50(5)34-39-67(60)85)69(71)77-82-74(53-24-14-8-15-25-53)79-75(83-77)54-26-16-9-17-27-54/h6-45H,1-5H3. The molecule has 5 heterocycles. The van der Waals surface area contributed by atoms with Crippen LogP contribution in [0.15, 0.2) is 243 Å². The molecule has 408 valence electrons. The molecule has 0 amide bonds. The average molecular weight is 1110 g/mol. The predicted octanol–water partition coefficient (Wildman–Crippen LogP) is 18.9. The number of nitrogens with zero attached hydrogens (tertiary/aromatic N) is 9. The quantitative estimate of drug-likeness (QED) is 0.143. The summed E-state index contributed by atoms with van der Waals surface area (Å²) in [6.45, 7) is 10.9. The van der Waals surface area contributed by atoms with Gasteiger partial charge in [-0.1, -0.05) is 198 Å². The Morgan fingerprint density at radius 1 is 0.233 bits per heavy atom. The summed E-state index contributed by atoms with van der Waals surface area (Å²) < 4.78 is 7.36. The van der Waals surface area contributed by atoms with Crippen molar-refractivity contribution in [2.24, 2.45) is 0 Å². The van der Waals surface area contributed by atoms with Gasteiger partial charge in [-0.2, -0.15) is 0 Å². The lowest BCUT2D eigenvalue weighted by Gasteiger charge is -2.26. The molecular formula is C77H55N9. The zero-order valence-corrected chi connectivity index (χ0v) is 48.1. The average Bonchev–Trinajstić information content (AvgIpc) is 1.67. The summed E-state index contributed by atoms with van der Waals surface area (Å²) in [6.07, 6.45) is 0. The zero-order chi connectivity index (χ0) is 57.7. The van der Waals surface area contributed by atoms with E-state index in [9.17, 15) is 0 Å². The fourth-order valence-corrected chi connectivity index (χ4v) is 12.8. The zero-order valence-electron chi connectivity index (χ0n) is 48.1. The molecule has 0 atom stereocenters. The third kappa shape index (κ3) is 8.30. The smallest absolute Gasteiger partial charge is 0.168 e. The Labute approximate surface area is 496 Å². The van der Waals surface area contributed by atoms with E-state index in [0.717, 1.165) is 133 Å². The first-order chi connectivity index (χ1) is 42.2. The number of hydrogen-bond donors (Lipinski definition) is 0. The summed E-state index contributed by atoms with van der Waals surface area (Å²) in [5.74, 6) is 3.09. The SMILES string of the molecule is Cc1ccc2c(c1)c1cc(C)ccc1n2-c1cc(-c2nc(-c3ccccc3)nc(-c3ccccc3)n2)c(-n2c3ccc(C)cc3c3cc(C)ccc32)c(-c2nc(-c3ccccc3)nc(-c3ccccc3)n2)c1-n1c2ccccc2c2cc(C)ccc21. The Bertz CT molecular complexity index is 5160. The van der Waals surface area contributed by atoms with Gasteiger partial charge in [0, 0.05) is 60.1 Å². The minimum absolute atomic E-state index is 0.464. The van der Waals surface area contributed by atoms with Gasteiger partial charge in [0.2, 0.25) is 0 Å². The van der Waals surface area contributed by atoms with Gasteiger partial charge in [-0.15, -0.1) is 0 Å². The normalized spacial score (nSPS) is 11.8. The van der Waals surface area contributed by atoms with Crippen LogP contribution in [-0.4, -0.2) is 43.6 Å². The first-order valence-electron chi connectivity index (χ1n) is 29.2. The number of hydrogen-bond acceptors (Lipinski definition) is 6. The highest BCUT2D eigenvalue weighted by atomic mass is 15.1. The maximum atomic E-state index is 5.83. The van der Waals surface area contributed by atoms with Crippen LogP contribution in [0.3, 0.4) is 0 Å². The summed E-state index contributed by atoms with van der Waals surface area (Å²) in [5.41, 5.74) is 19.4. The molecule has 16 rings (SSSR count). The highest BCUT2D eigenvalue weighted by molar-refractivity contribution is 6.15. The summed E-state index contributed by atoms with van der Waals surface area (Å²) >= 11 is 0. The molecule has 86 heavy (non-hydrogen) atoms. The van der Waals surface area contributed by atoms with E-state index in [2.05, 4.69) is 218 Å². The summed E-state index contributed by atoms with van der Waals surface area (Å²) in [7, 11) is 0. The highest BCUT2D eigenvalue weighted by Gasteiger charge is 2.33. The Hall–Kier alpha value is -11.2. The van der Waals surface area contributed by atoms with E-state index in [4.69, 9.17) is 29.9 Å². The Morgan fingerprint density at radius 2 is 0.523 bits per heavy atom. The second-order valence-corrected chi connectivity index (χ2v) is 22.7.